The normalized spacial score (nSPS) is 18.5. The van der Waals surface area contributed by atoms with Gasteiger partial charge in [0.25, 0.3) is 0 Å². The Balaban J connectivity index is 1.60. The highest BCUT2D eigenvalue weighted by atomic mass is 16.5. The van der Waals surface area contributed by atoms with Crippen molar-refractivity contribution in [1.29, 1.82) is 0 Å². The summed E-state index contributed by atoms with van der Waals surface area (Å²) in [6, 6.07) is 9.91. The zero-order valence-corrected chi connectivity index (χ0v) is 18.4. The van der Waals surface area contributed by atoms with E-state index in [4.69, 9.17) is 9.47 Å². The molecule has 2 heterocycles. The Kier molecular flexibility index (Phi) is 7.96. The number of carbonyl (C=O) groups is 4. The van der Waals surface area contributed by atoms with Crippen molar-refractivity contribution >= 4 is 23.7 Å². The summed E-state index contributed by atoms with van der Waals surface area (Å²) in [6.07, 6.45) is 1.64. The molecule has 3 N–H and O–H groups in total. The molecule has 1 aromatic heterocycles. The van der Waals surface area contributed by atoms with E-state index >= 15 is 0 Å². The smallest absolute Gasteiger partial charge is 0.328 e. The van der Waals surface area contributed by atoms with E-state index in [0.717, 1.165) is 5.56 Å². The summed E-state index contributed by atoms with van der Waals surface area (Å²) < 4.78 is 9.98. The van der Waals surface area contributed by atoms with Gasteiger partial charge in [0.2, 0.25) is 23.6 Å². The van der Waals surface area contributed by atoms with Crippen LogP contribution in [0.3, 0.4) is 0 Å². The van der Waals surface area contributed by atoms with E-state index in [2.05, 4.69) is 20.9 Å². The molecule has 0 unspecified atom stereocenters. The number of carbonyl (C=O) groups excluding carboxylic acids is 4. The van der Waals surface area contributed by atoms with E-state index in [1.54, 1.807) is 18.3 Å². The first-order valence-electron chi connectivity index (χ1n) is 10.4. The molecule has 1 aliphatic rings. The van der Waals surface area contributed by atoms with Crippen LogP contribution in [0.25, 0.3) is 0 Å². The molecule has 0 radical (unpaired) electrons. The van der Waals surface area contributed by atoms with E-state index in [-0.39, 0.29) is 18.7 Å². The van der Waals surface area contributed by atoms with Crippen molar-refractivity contribution in [1.82, 2.24) is 20.9 Å². The average molecular weight is 454 g/mol. The Labute approximate surface area is 191 Å². The van der Waals surface area contributed by atoms with Crippen molar-refractivity contribution in [3.8, 4) is 5.88 Å². The SMILES string of the molecule is COC(=O)[C@H](Cc1cccnc1OC)NC(=O)C[C@@H]1NC(=O)[C@H](Cc2ccccc2)NC1=O. The Morgan fingerprint density at radius 1 is 1.03 bits per heavy atom. The quantitative estimate of drug-likeness (QED) is 0.451. The van der Waals surface area contributed by atoms with Gasteiger partial charge in [0, 0.05) is 24.6 Å². The molecule has 3 atom stereocenters. The lowest BCUT2D eigenvalue weighted by atomic mass is 10.0. The molecule has 1 saturated heterocycles. The van der Waals surface area contributed by atoms with Crippen molar-refractivity contribution in [2.75, 3.05) is 14.2 Å². The summed E-state index contributed by atoms with van der Waals surface area (Å²) in [5.41, 5.74) is 1.50. The topological polar surface area (TPSA) is 136 Å². The minimum Gasteiger partial charge on any atom is -0.481 e. The fourth-order valence-electron chi connectivity index (χ4n) is 3.57. The third-order valence-electron chi connectivity index (χ3n) is 5.23. The Morgan fingerprint density at radius 3 is 2.42 bits per heavy atom. The van der Waals surface area contributed by atoms with Crippen molar-refractivity contribution in [3.63, 3.8) is 0 Å². The zero-order valence-electron chi connectivity index (χ0n) is 18.4. The maximum Gasteiger partial charge on any atom is 0.328 e. The van der Waals surface area contributed by atoms with Gasteiger partial charge in [-0.25, -0.2) is 9.78 Å². The van der Waals surface area contributed by atoms with Gasteiger partial charge in [0.05, 0.1) is 20.6 Å². The summed E-state index contributed by atoms with van der Waals surface area (Å²) in [4.78, 5) is 53.9. The molecule has 3 amide bonds. The molecule has 2 aromatic rings. The molecule has 174 valence electrons. The number of rotatable bonds is 9. The summed E-state index contributed by atoms with van der Waals surface area (Å²) in [5, 5.41) is 7.83. The van der Waals surface area contributed by atoms with Crippen molar-refractivity contribution in [3.05, 3.63) is 59.8 Å². The van der Waals surface area contributed by atoms with Gasteiger partial charge in [-0.1, -0.05) is 36.4 Å². The Hall–Kier alpha value is -3.95. The highest BCUT2D eigenvalue weighted by Gasteiger charge is 2.35. The number of hydrogen-bond donors (Lipinski definition) is 3. The summed E-state index contributed by atoms with van der Waals surface area (Å²) in [7, 11) is 2.66. The molecule has 1 aromatic carbocycles. The van der Waals surface area contributed by atoms with Crippen LogP contribution < -0.4 is 20.7 Å². The maximum atomic E-state index is 12.6. The molecule has 1 aliphatic heterocycles. The van der Waals surface area contributed by atoms with Crippen molar-refractivity contribution in [2.45, 2.75) is 37.4 Å². The predicted octanol–water partition coefficient (Wildman–Crippen LogP) is -0.0935. The molecular weight excluding hydrogens is 428 g/mol. The predicted molar refractivity (Wildman–Crippen MR) is 117 cm³/mol. The fraction of sp³-hybridized carbons (Fsp3) is 0.348. The third-order valence-corrected chi connectivity index (χ3v) is 5.23. The number of benzene rings is 1. The lowest BCUT2D eigenvalue weighted by Gasteiger charge is -2.29. The number of pyridine rings is 1. The van der Waals surface area contributed by atoms with Gasteiger partial charge in [-0.15, -0.1) is 0 Å². The number of esters is 1. The van der Waals surface area contributed by atoms with Crippen LogP contribution >= 0.6 is 0 Å². The number of amides is 3. The van der Waals surface area contributed by atoms with Crippen LogP contribution in [0, 0.1) is 0 Å². The van der Waals surface area contributed by atoms with E-state index < -0.39 is 35.9 Å². The highest BCUT2D eigenvalue weighted by molar-refractivity contribution is 5.99. The second kappa shape index (κ2) is 11.1. The molecule has 10 nitrogen and oxygen atoms in total. The zero-order chi connectivity index (χ0) is 23.8. The number of hydrogen-bond acceptors (Lipinski definition) is 7. The molecule has 0 aliphatic carbocycles. The standard InChI is InChI=1S/C23H26N4O6/c1-32-22-15(9-6-10-24-22)12-18(23(31)33-2)25-19(28)13-17-21(30)26-16(20(29)27-17)11-14-7-4-3-5-8-14/h3-10,16-18H,11-13H2,1-2H3,(H,25,28)(H,26,30)(H,27,29)/t16-,17-,18-/m0/s1. The van der Waals surface area contributed by atoms with Crippen LogP contribution in [0.1, 0.15) is 17.5 Å². The molecule has 0 saturated carbocycles. The van der Waals surface area contributed by atoms with Gasteiger partial charge in [0.1, 0.15) is 18.1 Å². The lowest BCUT2D eigenvalue weighted by Crippen LogP contribution is -2.63. The van der Waals surface area contributed by atoms with Gasteiger partial charge in [-0.05, 0) is 11.6 Å². The third kappa shape index (κ3) is 6.28. The number of aromatic nitrogens is 1. The van der Waals surface area contributed by atoms with Crippen LogP contribution in [0.2, 0.25) is 0 Å². The largest absolute Gasteiger partial charge is 0.481 e. The molecular formula is C23H26N4O6. The molecule has 0 spiro atoms. The van der Waals surface area contributed by atoms with Gasteiger partial charge < -0.3 is 25.4 Å². The van der Waals surface area contributed by atoms with Crippen LogP contribution in [-0.4, -0.2) is 61.0 Å². The van der Waals surface area contributed by atoms with E-state index in [9.17, 15) is 19.2 Å². The monoisotopic (exact) mass is 454 g/mol. The number of ether oxygens (including phenoxy) is 2. The van der Waals surface area contributed by atoms with Crippen LogP contribution in [0.4, 0.5) is 0 Å². The number of nitrogens with zero attached hydrogens (tertiary/aromatic N) is 1. The van der Waals surface area contributed by atoms with Gasteiger partial charge in [-0.3, -0.25) is 14.4 Å². The van der Waals surface area contributed by atoms with Crippen LogP contribution in [-0.2, 0) is 36.8 Å². The van der Waals surface area contributed by atoms with E-state index in [1.807, 2.05) is 30.3 Å². The van der Waals surface area contributed by atoms with Crippen LogP contribution in [0.15, 0.2) is 48.7 Å². The minimum absolute atomic E-state index is 0.0811. The van der Waals surface area contributed by atoms with Gasteiger partial charge in [0.15, 0.2) is 0 Å². The molecule has 1 fully saturated rings. The first-order chi connectivity index (χ1) is 15.9. The molecule has 10 heteroatoms. The number of piperazine rings is 1. The van der Waals surface area contributed by atoms with Gasteiger partial charge in [-0.2, -0.15) is 0 Å². The summed E-state index contributed by atoms with van der Waals surface area (Å²) >= 11 is 0. The second-order valence-electron chi connectivity index (χ2n) is 7.54. The summed E-state index contributed by atoms with van der Waals surface area (Å²) in [5.74, 6) is -1.76. The fourth-order valence-corrected chi connectivity index (χ4v) is 3.57. The minimum atomic E-state index is -1.05. The average Bonchev–Trinajstić information content (AvgIpc) is 2.82. The number of nitrogens with one attached hydrogen (secondary N) is 3. The first-order valence-corrected chi connectivity index (χ1v) is 10.4. The van der Waals surface area contributed by atoms with E-state index in [0.29, 0.717) is 17.9 Å². The Bertz CT molecular complexity index is 1010. The van der Waals surface area contributed by atoms with E-state index in [1.165, 1.54) is 14.2 Å². The molecule has 0 bridgehead atoms. The first kappa shape index (κ1) is 23.7. The lowest BCUT2D eigenvalue weighted by molar-refractivity contribution is -0.145. The van der Waals surface area contributed by atoms with Gasteiger partial charge >= 0.3 is 5.97 Å². The number of methoxy groups -OCH3 is 2. The van der Waals surface area contributed by atoms with Crippen LogP contribution in [0.5, 0.6) is 5.88 Å². The maximum absolute atomic E-state index is 12.6. The molecule has 3 rings (SSSR count). The van der Waals surface area contributed by atoms with Crippen molar-refractivity contribution in [2.24, 2.45) is 0 Å². The second-order valence-corrected chi connectivity index (χ2v) is 7.54. The molecule has 33 heavy (non-hydrogen) atoms. The Morgan fingerprint density at radius 2 is 1.73 bits per heavy atom. The van der Waals surface area contributed by atoms with Crippen molar-refractivity contribution < 1.29 is 28.7 Å². The highest BCUT2D eigenvalue weighted by Crippen LogP contribution is 2.16. The summed E-state index contributed by atoms with van der Waals surface area (Å²) in [6.45, 7) is 0.